The first kappa shape index (κ1) is 16.7. The fourth-order valence-corrected chi connectivity index (χ4v) is 2.12. The zero-order valence-electron chi connectivity index (χ0n) is 12.9. The number of nitrogens with one attached hydrogen (secondary N) is 2. The van der Waals surface area contributed by atoms with Crippen LogP contribution < -0.4 is 10.6 Å². The summed E-state index contributed by atoms with van der Waals surface area (Å²) in [5.74, 6) is 2.25. The van der Waals surface area contributed by atoms with Gasteiger partial charge in [-0.15, -0.1) is 0 Å². The van der Waals surface area contributed by atoms with E-state index in [1.807, 2.05) is 0 Å². The van der Waals surface area contributed by atoms with Crippen molar-refractivity contribution in [3.8, 4) is 0 Å². The molecule has 1 heterocycles. The van der Waals surface area contributed by atoms with E-state index in [4.69, 9.17) is 5.11 Å². The Morgan fingerprint density at radius 1 is 1.20 bits per heavy atom. The first-order valence-corrected chi connectivity index (χ1v) is 7.65. The van der Waals surface area contributed by atoms with Gasteiger partial charge in [0.05, 0.1) is 0 Å². The lowest BCUT2D eigenvalue weighted by molar-refractivity contribution is 0.229. The minimum atomic E-state index is 0.263. The first-order chi connectivity index (χ1) is 9.72. The second-order valence-electron chi connectivity index (χ2n) is 5.19. The van der Waals surface area contributed by atoms with Crippen molar-refractivity contribution in [3.63, 3.8) is 0 Å². The molecule has 0 saturated heterocycles. The number of hydrogen-bond acceptors (Lipinski definition) is 5. The Labute approximate surface area is 122 Å². The van der Waals surface area contributed by atoms with E-state index in [-0.39, 0.29) is 6.61 Å². The topological polar surface area (TPSA) is 70.1 Å². The van der Waals surface area contributed by atoms with Crippen LogP contribution in [0, 0.1) is 5.92 Å². The smallest absolute Gasteiger partial charge is 0.134 e. The molecule has 1 unspecified atom stereocenters. The molecule has 5 nitrogen and oxygen atoms in total. The van der Waals surface area contributed by atoms with Gasteiger partial charge in [-0.3, -0.25) is 0 Å². The van der Waals surface area contributed by atoms with Crippen molar-refractivity contribution in [2.24, 2.45) is 5.92 Å². The first-order valence-electron chi connectivity index (χ1n) is 7.65. The Bertz CT molecular complexity index is 384. The lowest BCUT2D eigenvalue weighted by Crippen LogP contribution is -2.12. The van der Waals surface area contributed by atoms with Crippen molar-refractivity contribution >= 4 is 11.6 Å². The van der Waals surface area contributed by atoms with E-state index in [0.29, 0.717) is 5.92 Å². The highest BCUT2D eigenvalue weighted by molar-refractivity contribution is 5.57. The summed E-state index contributed by atoms with van der Waals surface area (Å²) in [6.07, 6.45) is 5.71. The maximum Gasteiger partial charge on any atom is 0.134 e. The molecule has 20 heavy (non-hydrogen) atoms. The van der Waals surface area contributed by atoms with Crippen LogP contribution in [0.15, 0.2) is 6.33 Å². The molecule has 0 spiro atoms. The summed E-state index contributed by atoms with van der Waals surface area (Å²) in [5.41, 5.74) is 1.17. The third-order valence-electron chi connectivity index (χ3n) is 3.27. The molecule has 0 aliphatic heterocycles. The van der Waals surface area contributed by atoms with E-state index < -0.39 is 0 Å². The summed E-state index contributed by atoms with van der Waals surface area (Å²) in [5, 5.41) is 15.7. The molecule has 0 fully saturated rings. The highest BCUT2D eigenvalue weighted by Crippen LogP contribution is 2.21. The Kier molecular flexibility index (Phi) is 7.95. The summed E-state index contributed by atoms with van der Waals surface area (Å²) in [6.45, 7) is 8.30. The average molecular weight is 280 g/mol. The summed E-state index contributed by atoms with van der Waals surface area (Å²) in [7, 11) is 0. The van der Waals surface area contributed by atoms with Crippen LogP contribution in [0.3, 0.4) is 0 Å². The number of aromatic nitrogens is 2. The molecule has 0 aromatic carbocycles. The van der Waals surface area contributed by atoms with Crippen molar-refractivity contribution in [2.75, 3.05) is 30.3 Å². The van der Waals surface area contributed by atoms with Crippen LogP contribution in [-0.4, -0.2) is 34.8 Å². The molecule has 3 N–H and O–H groups in total. The Morgan fingerprint density at radius 3 is 2.50 bits per heavy atom. The monoisotopic (exact) mass is 280 g/mol. The number of rotatable bonds is 10. The van der Waals surface area contributed by atoms with E-state index in [0.717, 1.165) is 50.4 Å². The van der Waals surface area contributed by atoms with E-state index in [1.165, 1.54) is 5.56 Å². The molecular formula is C15H28N4O. The van der Waals surface area contributed by atoms with Crippen molar-refractivity contribution in [3.05, 3.63) is 11.9 Å². The molecule has 1 aromatic heterocycles. The zero-order chi connectivity index (χ0) is 14.8. The standard InChI is InChI=1S/C15H28N4O/c1-4-7-13-14(16-5-2)18-11-19-15(13)17-9-6-8-12(3)10-20/h11-12,20H,4-10H2,1-3H3,(H2,16,17,18,19). The van der Waals surface area contributed by atoms with Gasteiger partial charge in [-0.05, 0) is 32.1 Å². The molecule has 5 heteroatoms. The van der Waals surface area contributed by atoms with E-state index in [2.05, 4.69) is 41.4 Å². The third kappa shape index (κ3) is 5.33. The summed E-state index contributed by atoms with van der Waals surface area (Å²) in [4.78, 5) is 8.69. The van der Waals surface area contributed by atoms with Gasteiger partial charge >= 0.3 is 0 Å². The van der Waals surface area contributed by atoms with Crippen molar-refractivity contribution < 1.29 is 5.11 Å². The normalized spacial score (nSPS) is 12.2. The number of nitrogens with zero attached hydrogens (tertiary/aromatic N) is 2. The van der Waals surface area contributed by atoms with Crippen LogP contribution in [-0.2, 0) is 6.42 Å². The molecule has 0 saturated carbocycles. The maximum atomic E-state index is 9.01. The lowest BCUT2D eigenvalue weighted by Gasteiger charge is -2.15. The number of anilines is 2. The van der Waals surface area contributed by atoms with Gasteiger partial charge in [0.2, 0.25) is 0 Å². The second kappa shape index (κ2) is 9.53. The van der Waals surface area contributed by atoms with E-state index >= 15 is 0 Å². The molecule has 1 rings (SSSR count). The highest BCUT2D eigenvalue weighted by atomic mass is 16.3. The fraction of sp³-hybridized carbons (Fsp3) is 0.733. The Morgan fingerprint density at radius 2 is 1.90 bits per heavy atom. The fourth-order valence-electron chi connectivity index (χ4n) is 2.12. The van der Waals surface area contributed by atoms with Crippen molar-refractivity contribution in [1.29, 1.82) is 0 Å². The molecule has 0 aliphatic rings. The SMILES string of the molecule is CCCc1c(NCC)ncnc1NCCCC(C)CO. The zero-order valence-corrected chi connectivity index (χ0v) is 12.9. The van der Waals surface area contributed by atoms with Crippen LogP contribution in [0.25, 0.3) is 0 Å². The molecule has 1 atom stereocenters. The van der Waals surface area contributed by atoms with Crippen LogP contribution in [0.5, 0.6) is 0 Å². The molecule has 0 bridgehead atoms. The van der Waals surface area contributed by atoms with E-state index in [9.17, 15) is 0 Å². The van der Waals surface area contributed by atoms with Gasteiger partial charge < -0.3 is 15.7 Å². The highest BCUT2D eigenvalue weighted by Gasteiger charge is 2.10. The number of aliphatic hydroxyl groups is 1. The van der Waals surface area contributed by atoms with Crippen LogP contribution >= 0.6 is 0 Å². The molecule has 0 radical (unpaired) electrons. The second-order valence-corrected chi connectivity index (χ2v) is 5.19. The number of hydrogen-bond donors (Lipinski definition) is 3. The quantitative estimate of drug-likeness (QED) is 0.575. The predicted octanol–water partition coefficient (Wildman–Crippen LogP) is 2.68. The lowest BCUT2D eigenvalue weighted by atomic mass is 10.1. The van der Waals surface area contributed by atoms with Gasteiger partial charge in [-0.2, -0.15) is 0 Å². The van der Waals surface area contributed by atoms with Crippen LogP contribution in [0.2, 0.25) is 0 Å². The average Bonchev–Trinajstić information content (AvgIpc) is 2.46. The Hall–Kier alpha value is -1.36. The summed E-state index contributed by atoms with van der Waals surface area (Å²) >= 11 is 0. The van der Waals surface area contributed by atoms with Gasteiger partial charge in [0, 0.05) is 25.3 Å². The Balaban J connectivity index is 2.61. The molecule has 1 aromatic rings. The third-order valence-corrected chi connectivity index (χ3v) is 3.27. The van der Waals surface area contributed by atoms with Gasteiger partial charge in [0.1, 0.15) is 18.0 Å². The minimum Gasteiger partial charge on any atom is -0.396 e. The summed E-state index contributed by atoms with van der Waals surface area (Å²) in [6, 6.07) is 0. The minimum absolute atomic E-state index is 0.263. The van der Waals surface area contributed by atoms with Gasteiger partial charge in [0.25, 0.3) is 0 Å². The van der Waals surface area contributed by atoms with Crippen LogP contribution in [0.1, 0.15) is 45.6 Å². The van der Waals surface area contributed by atoms with Crippen molar-refractivity contribution in [1.82, 2.24) is 9.97 Å². The molecule has 0 aliphatic carbocycles. The largest absolute Gasteiger partial charge is 0.396 e. The maximum absolute atomic E-state index is 9.01. The van der Waals surface area contributed by atoms with Gasteiger partial charge in [0.15, 0.2) is 0 Å². The van der Waals surface area contributed by atoms with Crippen molar-refractivity contribution in [2.45, 2.75) is 46.5 Å². The number of aliphatic hydroxyl groups excluding tert-OH is 1. The van der Waals surface area contributed by atoms with Gasteiger partial charge in [-0.1, -0.05) is 20.3 Å². The van der Waals surface area contributed by atoms with E-state index in [1.54, 1.807) is 6.33 Å². The van der Waals surface area contributed by atoms with Crippen LogP contribution in [0.4, 0.5) is 11.6 Å². The predicted molar refractivity (Wildman–Crippen MR) is 84.2 cm³/mol. The molecule has 0 amide bonds. The molecular weight excluding hydrogens is 252 g/mol. The van der Waals surface area contributed by atoms with Gasteiger partial charge in [-0.25, -0.2) is 9.97 Å². The summed E-state index contributed by atoms with van der Waals surface area (Å²) < 4.78 is 0. The molecule has 114 valence electrons.